The smallest absolute Gasteiger partial charge is 0.0992 e. The highest BCUT2D eigenvalue weighted by Crippen LogP contribution is 2.32. The summed E-state index contributed by atoms with van der Waals surface area (Å²) in [4.78, 5) is 4.62. The molecule has 0 fully saturated rings. The highest BCUT2D eigenvalue weighted by atomic mass is 79.9. The molecule has 0 N–H and O–H groups in total. The van der Waals surface area contributed by atoms with Gasteiger partial charge < -0.3 is 0 Å². The number of hydrogen-bond donors (Lipinski definition) is 0. The van der Waals surface area contributed by atoms with Gasteiger partial charge in [0, 0.05) is 9.89 Å². The van der Waals surface area contributed by atoms with Gasteiger partial charge >= 0.3 is 0 Å². The highest BCUT2D eigenvalue weighted by Gasteiger charge is 2.18. The van der Waals surface area contributed by atoms with Crippen molar-refractivity contribution in [3.63, 3.8) is 0 Å². The molecule has 1 heterocycles. The lowest BCUT2D eigenvalue weighted by molar-refractivity contribution is 0.587. The van der Waals surface area contributed by atoms with Crippen molar-refractivity contribution in [2.75, 3.05) is 0 Å². The molecule has 0 unspecified atom stereocenters. The number of hydrogen-bond acceptors (Lipinski definition) is 2. The van der Waals surface area contributed by atoms with Crippen LogP contribution >= 0.6 is 27.3 Å². The average molecular weight is 270 g/mol. The molecule has 14 heavy (non-hydrogen) atoms. The van der Waals surface area contributed by atoms with Crippen LogP contribution in [0.5, 0.6) is 0 Å². The monoisotopic (exact) mass is 269 g/mol. The maximum atomic E-state index is 4.62. The van der Waals surface area contributed by atoms with Crippen LogP contribution in [0.2, 0.25) is 0 Å². The van der Waals surface area contributed by atoms with Crippen molar-refractivity contribution < 1.29 is 0 Å². The van der Waals surface area contributed by atoms with Crippen LogP contribution in [0, 0.1) is 0 Å². The minimum Gasteiger partial charge on any atom is -0.241 e. The van der Waals surface area contributed by atoms with Crippen molar-refractivity contribution >= 4 is 37.5 Å². The molecule has 0 aliphatic heterocycles. The average Bonchev–Trinajstić information content (AvgIpc) is 2.45. The molecule has 1 nitrogen and oxygen atoms in total. The van der Waals surface area contributed by atoms with Crippen LogP contribution in [0.25, 0.3) is 10.2 Å². The number of thiazole rings is 1. The molecule has 0 aliphatic rings. The van der Waals surface area contributed by atoms with E-state index in [9.17, 15) is 0 Å². The molecule has 0 aliphatic carbocycles. The van der Waals surface area contributed by atoms with Crippen molar-refractivity contribution in [1.82, 2.24) is 4.98 Å². The molecule has 0 bridgehead atoms. The summed E-state index contributed by atoms with van der Waals surface area (Å²) in [6, 6.07) is 6.22. The summed E-state index contributed by atoms with van der Waals surface area (Å²) in [6.07, 6.45) is 0. The third kappa shape index (κ3) is 1.84. The molecule has 2 aromatic rings. The van der Waals surface area contributed by atoms with Crippen LogP contribution < -0.4 is 0 Å². The third-order valence-corrected chi connectivity index (χ3v) is 3.93. The number of halogens is 1. The van der Waals surface area contributed by atoms with E-state index in [-0.39, 0.29) is 5.41 Å². The molecule has 0 radical (unpaired) electrons. The van der Waals surface area contributed by atoms with Crippen LogP contribution in [0.15, 0.2) is 22.7 Å². The second kappa shape index (κ2) is 3.31. The van der Waals surface area contributed by atoms with Crippen molar-refractivity contribution in [2.45, 2.75) is 26.2 Å². The predicted molar refractivity (Wildman–Crippen MR) is 66.0 cm³/mol. The van der Waals surface area contributed by atoms with E-state index in [4.69, 9.17) is 0 Å². The molecule has 2 rings (SSSR count). The zero-order valence-corrected chi connectivity index (χ0v) is 10.9. The van der Waals surface area contributed by atoms with E-state index in [1.807, 2.05) is 6.07 Å². The summed E-state index contributed by atoms with van der Waals surface area (Å²) in [5.74, 6) is 0. The topological polar surface area (TPSA) is 12.9 Å². The second-order valence-corrected chi connectivity index (χ2v) is 6.33. The molecule has 0 amide bonds. The van der Waals surface area contributed by atoms with Crippen molar-refractivity contribution in [3.05, 3.63) is 27.7 Å². The van der Waals surface area contributed by atoms with Crippen LogP contribution in [0.1, 0.15) is 25.8 Å². The van der Waals surface area contributed by atoms with E-state index < -0.39 is 0 Å². The molecule has 0 spiro atoms. The number of fused-ring (bicyclic) bond motifs is 1. The molecule has 0 atom stereocenters. The summed E-state index contributed by atoms with van der Waals surface area (Å²) in [5.41, 5.74) is 1.25. The summed E-state index contributed by atoms with van der Waals surface area (Å²) in [7, 11) is 0. The van der Waals surface area contributed by atoms with Gasteiger partial charge in [0.15, 0.2) is 0 Å². The quantitative estimate of drug-likeness (QED) is 0.693. The maximum absolute atomic E-state index is 4.62. The number of nitrogens with zero attached hydrogens (tertiary/aromatic N) is 1. The summed E-state index contributed by atoms with van der Waals surface area (Å²) in [5, 5.41) is 1.20. The molecule has 74 valence electrons. The van der Waals surface area contributed by atoms with Gasteiger partial charge in [0.25, 0.3) is 0 Å². The minimum absolute atomic E-state index is 0.149. The maximum Gasteiger partial charge on any atom is 0.0992 e. The highest BCUT2D eigenvalue weighted by molar-refractivity contribution is 9.10. The summed E-state index contributed by atoms with van der Waals surface area (Å²) in [6.45, 7) is 6.58. The fourth-order valence-electron chi connectivity index (χ4n) is 1.22. The van der Waals surface area contributed by atoms with E-state index >= 15 is 0 Å². The Hall–Kier alpha value is -0.410. The zero-order valence-electron chi connectivity index (χ0n) is 8.47. The number of benzene rings is 1. The van der Waals surface area contributed by atoms with Crippen LogP contribution in [-0.4, -0.2) is 4.98 Å². The molecule has 1 aromatic heterocycles. The number of aromatic nitrogens is 1. The molecule has 1 aromatic carbocycles. The minimum atomic E-state index is 0.149. The van der Waals surface area contributed by atoms with E-state index in [0.29, 0.717) is 0 Å². The standard InChI is InChI=1S/C11H12BrNS/c1-11(2,3)10-13-8-5-4-7(12)6-9(8)14-10/h4-6H,1-3H3. The van der Waals surface area contributed by atoms with E-state index in [0.717, 1.165) is 9.99 Å². The van der Waals surface area contributed by atoms with Gasteiger partial charge in [-0.15, -0.1) is 11.3 Å². The molecule has 0 saturated heterocycles. The van der Waals surface area contributed by atoms with Gasteiger partial charge in [-0.1, -0.05) is 36.7 Å². The van der Waals surface area contributed by atoms with E-state index in [1.165, 1.54) is 9.71 Å². The Labute approximate surface area is 96.3 Å². The fraction of sp³-hybridized carbons (Fsp3) is 0.364. The molecule has 0 saturated carbocycles. The van der Waals surface area contributed by atoms with Gasteiger partial charge in [-0.2, -0.15) is 0 Å². The first-order valence-electron chi connectivity index (χ1n) is 4.53. The first-order chi connectivity index (χ1) is 6.47. The normalized spacial score (nSPS) is 12.3. The lowest BCUT2D eigenvalue weighted by atomic mass is 9.98. The van der Waals surface area contributed by atoms with Gasteiger partial charge in [0.2, 0.25) is 0 Å². The van der Waals surface area contributed by atoms with Gasteiger partial charge in [0.05, 0.1) is 15.2 Å². The van der Waals surface area contributed by atoms with Gasteiger partial charge in [-0.25, -0.2) is 4.98 Å². The molecule has 3 heteroatoms. The lowest BCUT2D eigenvalue weighted by Gasteiger charge is -2.13. The zero-order chi connectivity index (χ0) is 10.3. The predicted octanol–water partition coefficient (Wildman–Crippen LogP) is 4.36. The van der Waals surface area contributed by atoms with Gasteiger partial charge in [-0.05, 0) is 18.2 Å². The Kier molecular flexibility index (Phi) is 2.40. The van der Waals surface area contributed by atoms with Crippen molar-refractivity contribution in [3.8, 4) is 0 Å². The van der Waals surface area contributed by atoms with Crippen molar-refractivity contribution in [1.29, 1.82) is 0 Å². The Morgan fingerprint density at radius 2 is 2.00 bits per heavy atom. The third-order valence-electron chi connectivity index (χ3n) is 1.99. The fourth-order valence-corrected chi connectivity index (χ4v) is 2.79. The summed E-state index contributed by atoms with van der Waals surface area (Å²) < 4.78 is 2.37. The van der Waals surface area contributed by atoms with E-state index in [2.05, 4.69) is 53.8 Å². The Morgan fingerprint density at radius 3 is 2.64 bits per heavy atom. The Balaban J connectivity index is 2.63. The molecular formula is C11H12BrNS. The lowest BCUT2D eigenvalue weighted by Crippen LogP contribution is -2.09. The molecular weight excluding hydrogens is 258 g/mol. The van der Waals surface area contributed by atoms with Crippen LogP contribution in [-0.2, 0) is 5.41 Å². The Bertz CT molecular complexity index is 468. The van der Waals surface area contributed by atoms with Crippen LogP contribution in [0.4, 0.5) is 0 Å². The Morgan fingerprint density at radius 1 is 1.29 bits per heavy atom. The second-order valence-electron chi connectivity index (χ2n) is 4.38. The van der Waals surface area contributed by atoms with Gasteiger partial charge in [-0.3, -0.25) is 0 Å². The van der Waals surface area contributed by atoms with Crippen LogP contribution in [0.3, 0.4) is 0 Å². The first kappa shape index (κ1) is 10.1. The van der Waals surface area contributed by atoms with Crippen molar-refractivity contribution in [2.24, 2.45) is 0 Å². The summed E-state index contributed by atoms with van der Waals surface area (Å²) >= 11 is 5.25. The number of rotatable bonds is 0. The largest absolute Gasteiger partial charge is 0.241 e. The first-order valence-corrected chi connectivity index (χ1v) is 6.14. The SMILES string of the molecule is CC(C)(C)c1nc2ccc(Br)cc2s1. The van der Waals surface area contributed by atoms with E-state index in [1.54, 1.807) is 11.3 Å². The van der Waals surface area contributed by atoms with Gasteiger partial charge in [0.1, 0.15) is 0 Å².